The van der Waals surface area contributed by atoms with Gasteiger partial charge in [-0.15, -0.1) is 0 Å². The number of benzene rings is 2. The molecule has 0 saturated heterocycles. The highest BCUT2D eigenvalue weighted by Gasteiger charge is 2.14. The molecule has 1 aromatic heterocycles. The van der Waals surface area contributed by atoms with Crippen LogP contribution in [-0.2, 0) is 19.7 Å². The van der Waals surface area contributed by atoms with Crippen molar-refractivity contribution < 1.29 is 13.9 Å². The second-order valence-electron chi connectivity index (χ2n) is 6.39. The molecule has 0 aliphatic heterocycles. The van der Waals surface area contributed by atoms with E-state index in [4.69, 9.17) is 21.1 Å². The average molecular weight is 499 g/mol. The lowest BCUT2D eigenvalue weighted by Crippen LogP contribution is -2.09. The highest BCUT2D eigenvalue weighted by atomic mass is 79.9. The summed E-state index contributed by atoms with van der Waals surface area (Å²) >= 11 is 9.66. The Kier molecular flexibility index (Phi) is 7.87. The van der Waals surface area contributed by atoms with Gasteiger partial charge in [-0.3, -0.25) is 0 Å². The van der Waals surface area contributed by atoms with Crippen LogP contribution in [0.3, 0.4) is 0 Å². The molecule has 0 amide bonds. The van der Waals surface area contributed by atoms with Crippen LogP contribution >= 0.6 is 27.5 Å². The lowest BCUT2D eigenvalue weighted by molar-refractivity contribution is 0.265. The van der Waals surface area contributed by atoms with Gasteiger partial charge < -0.3 is 14.8 Å². The highest BCUT2D eigenvalue weighted by molar-refractivity contribution is 9.10. The van der Waals surface area contributed by atoms with Crippen LogP contribution in [-0.4, -0.2) is 26.8 Å². The first-order valence-electron chi connectivity index (χ1n) is 9.54. The molecule has 0 spiro atoms. The van der Waals surface area contributed by atoms with Crippen molar-refractivity contribution in [2.24, 2.45) is 0 Å². The standard InChI is InChI=1S/C20H22BrClFN5O2/c1-3-8-28-20(25-26-27-28)24-11-13-9-18(29-4-2)19(10-15(13)21)30-12-14-16(22)6-5-7-17(14)23/h5-7,9-10H,3-4,8,11-12H2,1-2H3,(H,24,25,27). The lowest BCUT2D eigenvalue weighted by atomic mass is 10.2. The molecule has 7 nitrogen and oxygen atoms in total. The number of nitrogens with one attached hydrogen (secondary N) is 1. The van der Waals surface area contributed by atoms with Crippen molar-refractivity contribution in [3.05, 3.63) is 56.8 Å². The van der Waals surface area contributed by atoms with E-state index in [1.165, 1.54) is 6.07 Å². The van der Waals surface area contributed by atoms with Gasteiger partial charge in [-0.1, -0.05) is 45.6 Å². The van der Waals surface area contributed by atoms with Crippen molar-refractivity contribution in [2.75, 3.05) is 11.9 Å². The topological polar surface area (TPSA) is 74.1 Å². The quantitative estimate of drug-likeness (QED) is 0.413. The maximum atomic E-state index is 14.0. The van der Waals surface area contributed by atoms with E-state index in [2.05, 4.69) is 43.7 Å². The summed E-state index contributed by atoms with van der Waals surface area (Å²) in [5, 5.41) is 15.2. The van der Waals surface area contributed by atoms with Gasteiger partial charge in [0.15, 0.2) is 11.5 Å². The largest absolute Gasteiger partial charge is 0.490 e. The molecule has 0 fully saturated rings. The minimum atomic E-state index is -0.412. The van der Waals surface area contributed by atoms with E-state index in [0.29, 0.717) is 41.2 Å². The minimum Gasteiger partial charge on any atom is -0.490 e. The summed E-state index contributed by atoms with van der Waals surface area (Å²) in [6.45, 7) is 5.59. The summed E-state index contributed by atoms with van der Waals surface area (Å²) < 4.78 is 28.1. The Morgan fingerprint density at radius 2 is 2.00 bits per heavy atom. The molecule has 1 N–H and O–H groups in total. The number of nitrogens with zero attached hydrogens (tertiary/aromatic N) is 4. The first kappa shape index (κ1) is 22.3. The number of hydrogen-bond donors (Lipinski definition) is 1. The van der Waals surface area contributed by atoms with Crippen molar-refractivity contribution in [2.45, 2.75) is 40.0 Å². The number of tetrazole rings is 1. The van der Waals surface area contributed by atoms with Gasteiger partial charge in [0.1, 0.15) is 12.4 Å². The van der Waals surface area contributed by atoms with Gasteiger partial charge in [-0.2, -0.15) is 0 Å². The Balaban J connectivity index is 1.77. The predicted molar refractivity (Wildman–Crippen MR) is 116 cm³/mol. The van der Waals surface area contributed by atoms with Crippen LogP contribution in [0.5, 0.6) is 11.5 Å². The number of aromatic nitrogens is 4. The Bertz CT molecular complexity index is 981. The third kappa shape index (κ3) is 5.40. The molecular weight excluding hydrogens is 477 g/mol. The number of rotatable bonds is 10. The van der Waals surface area contributed by atoms with Crippen LogP contribution in [0.4, 0.5) is 10.3 Å². The zero-order valence-corrected chi connectivity index (χ0v) is 19.0. The van der Waals surface area contributed by atoms with Gasteiger partial charge in [-0.05, 0) is 53.6 Å². The SMILES string of the molecule is CCCn1nnnc1NCc1cc(OCC)c(OCc2c(F)cccc2Cl)cc1Br. The third-order valence-corrected chi connectivity index (χ3v) is 5.34. The van der Waals surface area contributed by atoms with Crippen LogP contribution in [0.1, 0.15) is 31.4 Å². The van der Waals surface area contributed by atoms with Gasteiger partial charge in [-0.25, -0.2) is 9.07 Å². The van der Waals surface area contributed by atoms with Crippen molar-refractivity contribution in [3.8, 4) is 11.5 Å². The van der Waals surface area contributed by atoms with Crippen molar-refractivity contribution in [1.29, 1.82) is 0 Å². The summed E-state index contributed by atoms with van der Waals surface area (Å²) in [5.41, 5.74) is 1.23. The molecule has 1 heterocycles. The maximum Gasteiger partial charge on any atom is 0.243 e. The zero-order chi connectivity index (χ0) is 21.5. The van der Waals surface area contributed by atoms with E-state index in [1.807, 2.05) is 13.0 Å². The monoisotopic (exact) mass is 497 g/mol. The molecule has 0 saturated carbocycles. The fraction of sp³-hybridized carbons (Fsp3) is 0.350. The number of ether oxygens (including phenoxy) is 2. The van der Waals surface area contributed by atoms with E-state index in [-0.39, 0.29) is 6.61 Å². The van der Waals surface area contributed by atoms with E-state index in [9.17, 15) is 4.39 Å². The van der Waals surface area contributed by atoms with Crippen molar-refractivity contribution in [1.82, 2.24) is 20.2 Å². The third-order valence-electron chi connectivity index (χ3n) is 4.25. The smallest absolute Gasteiger partial charge is 0.243 e. The van der Waals surface area contributed by atoms with Gasteiger partial charge in [0, 0.05) is 23.1 Å². The second-order valence-corrected chi connectivity index (χ2v) is 7.65. The Morgan fingerprint density at radius 1 is 1.20 bits per heavy atom. The molecule has 30 heavy (non-hydrogen) atoms. The van der Waals surface area contributed by atoms with Gasteiger partial charge >= 0.3 is 0 Å². The Hall–Kier alpha value is -2.39. The second kappa shape index (κ2) is 10.6. The van der Waals surface area contributed by atoms with Gasteiger partial charge in [0.05, 0.1) is 11.6 Å². The molecule has 10 heteroatoms. The van der Waals surface area contributed by atoms with E-state index >= 15 is 0 Å². The van der Waals surface area contributed by atoms with E-state index < -0.39 is 5.82 Å². The molecule has 0 aliphatic carbocycles. The minimum absolute atomic E-state index is 0.0125. The van der Waals surface area contributed by atoms with E-state index in [1.54, 1.807) is 22.9 Å². The molecule has 160 valence electrons. The van der Waals surface area contributed by atoms with Crippen LogP contribution < -0.4 is 14.8 Å². The molecule has 0 atom stereocenters. The highest BCUT2D eigenvalue weighted by Crippen LogP contribution is 2.35. The van der Waals surface area contributed by atoms with Gasteiger partial charge in [0.25, 0.3) is 0 Å². The molecule has 0 unspecified atom stereocenters. The van der Waals surface area contributed by atoms with Crippen molar-refractivity contribution >= 4 is 33.5 Å². The fourth-order valence-corrected chi connectivity index (χ4v) is 3.46. The molecular formula is C20H22BrClFN5O2. The van der Waals surface area contributed by atoms with Crippen LogP contribution in [0, 0.1) is 5.82 Å². The number of hydrogen-bond acceptors (Lipinski definition) is 6. The summed E-state index contributed by atoms with van der Waals surface area (Å²) in [4.78, 5) is 0. The molecule has 3 rings (SSSR count). The Morgan fingerprint density at radius 3 is 2.73 bits per heavy atom. The lowest BCUT2D eigenvalue weighted by Gasteiger charge is -2.16. The Labute approximate surface area is 187 Å². The summed E-state index contributed by atoms with van der Waals surface area (Å²) in [5.74, 6) is 1.22. The molecule has 0 aliphatic rings. The van der Waals surface area contributed by atoms with Crippen LogP contribution in [0.2, 0.25) is 5.02 Å². The average Bonchev–Trinajstić information content (AvgIpc) is 3.16. The molecule has 2 aromatic carbocycles. The summed E-state index contributed by atoms with van der Waals surface area (Å²) in [7, 11) is 0. The zero-order valence-electron chi connectivity index (χ0n) is 16.7. The normalized spacial score (nSPS) is 10.8. The maximum absolute atomic E-state index is 14.0. The van der Waals surface area contributed by atoms with E-state index in [0.717, 1.165) is 23.0 Å². The molecule has 3 aromatic rings. The van der Waals surface area contributed by atoms with Crippen LogP contribution in [0.15, 0.2) is 34.8 Å². The summed E-state index contributed by atoms with van der Waals surface area (Å²) in [6.07, 6.45) is 0.927. The summed E-state index contributed by atoms with van der Waals surface area (Å²) in [6, 6.07) is 8.20. The van der Waals surface area contributed by atoms with Gasteiger partial charge in [0.2, 0.25) is 5.95 Å². The van der Waals surface area contributed by atoms with Crippen LogP contribution in [0.25, 0.3) is 0 Å². The molecule has 0 bridgehead atoms. The number of aryl methyl sites for hydroxylation is 1. The van der Waals surface area contributed by atoms with Crippen molar-refractivity contribution in [3.63, 3.8) is 0 Å². The first-order valence-corrected chi connectivity index (χ1v) is 10.7. The first-order chi connectivity index (χ1) is 14.5. The number of anilines is 1. The fourth-order valence-electron chi connectivity index (χ4n) is 2.78. The number of halogens is 3. The predicted octanol–water partition coefficient (Wildman–Crippen LogP) is 5.23. The molecule has 0 radical (unpaired) electrons.